The van der Waals surface area contributed by atoms with Gasteiger partial charge in [-0.3, -0.25) is 9.30 Å². The maximum absolute atomic E-state index is 13.4. The second-order valence-corrected chi connectivity index (χ2v) is 7.09. The number of benzene rings is 1. The molecule has 0 N–H and O–H groups in total. The monoisotopic (exact) mass is 356 g/mol. The molecule has 1 aromatic carbocycles. The van der Waals surface area contributed by atoms with Gasteiger partial charge in [0.15, 0.2) is 5.82 Å². The molecular formula is C18H18F2N6. The summed E-state index contributed by atoms with van der Waals surface area (Å²) in [5, 5.41) is 8.41. The van der Waals surface area contributed by atoms with Gasteiger partial charge in [0.05, 0.1) is 0 Å². The molecule has 0 amide bonds. The Bertz CT molecular complexity index is 967. The summed E-state index contributed by atoms with van der Waals surface area (Å²) in [6.45, 7) is 4.16. The van der Waals surface area contributed by atoms with Gasteiger partial charge in [-0.25, -0.2) is 13.8 Å². The smallest absolute Gasteiger partial charge is 0.203 e. The highest BCUT2D eigenvalue weighted by molar-refractivity contribution is 5.65. The van der Waals surface area contributed by atoms with Crippen molar-refractivity contribution in [2.24, 2.45) is 0 Å². The number of hydrogen-bond acceptors (Lipinski definition) is 5. The van der Waals surface area contributed by atoms with Gasteiger partial charge in [0.2, 0.25) is 5.65 Å². The zero-order valence-electron chi connectivity index (χ0n) is 14.3. The lowest BCUT2D eigenvalue weighted by Gasteiger charge is -2.34. The van der Waals surface area contributed by atoms with Crippen molar-refractivity contribution in [2.75, 3.05) is 18.0 Å². The van der Waals surface area contributed by atoms with Crippen LogP contribution in [0.25, 0.3) is 5.65 Å². The fourth-order valence-electron chi connectivity index (χ4n) is 4.27. The number of nitrogens with zero attached hydrogens (tertiary/aromatic N) is 6. The average molecular weight is 356 g/mol. The fourth-order valence-corrected chi connectivity index (χ4v) is 4.27. The first kappa shape index (κ1) is 15.6. The van der Waals surface area contributed by atoms with Crippen LogP contribution < -0.4 is 4.90 Å². The minimum absolute atomic E-state index is 0.328. The van der Waals surface area contributed by atoms with E-state index >= 15 is 0 Å². The SMILES string of the molecule is Cc1nnc2c(N3CC4CC3CN4Cc3cc(F)cc(F)c3)nccn12. The van der Waals surface area contributed by atoms with Gasteiger partial charge >= 0.3 is 0 Å². The summed E-state index contributed by atoms with van der Waals surface area (Å²) >= 11 is 0. The van der Waals surface area contributed by atoms with Crippen LogP contribution in [0.1, 0.15) is 17.8 Å². The molecule has 6 nitrogen and oxygen atoms in total. The third-order valence-electron chi connectivity index (χ3n) is 5.41. The molecule has 4 heterocycles. The summed E-state index contributed by atoms with van der Waals surface area (Å²) in [6.07, 6.45) is 4.67. The van der Waals surface area contributed by atoms with Crippen molar-refractivity contribution in [1.82, 2.24) is 24.5 Å². The van der Waals surface area contributed by atoms with Crippen LogP contribution in [-0.2, 0) is 6.54 Å². The Balaban J connectivity index is 1.37. The molecule has 2 bridgehead atoms. The third kappa shape index (κ3) is 2.44. The molecule has 2 saturated heterocycles. The molecule has 0 radical (unpaired) electrons. The first-order chi connectivity index (χ1) is 12.6. The molecule has 2 unspecified atom stereocenters. The number of likely N-dealkylation sites (tertiary alicyclic amines) is 1. The van der Waals surface area contributed by atoms with Crippen molar-refractivity contribution < 1.29 is 8.78 Å². The highest BCUT2D eigenvalue weighted by Crippen LogP contribution is 2.35. The first-order valence-corrected chi connectivity index (χ1v) is 8.70. The number of hydrogen-bond donors (Lipinski definition) is 0. The summed E-state index contributed by atoms with van der Waals surface area (Å²) in [7, 11) is 0. The topological polar surface area (TPSA) is 49.6 Å². The zero-order chi connectivity index (χ0) is 17.8. The van der Waals surface area contributed by atoms with Crippen LogP contribution >= 0.6 is 0 Å². The van der Waals surface area contributed by atoms with E-state index < -0.39 is 11.6 Å². The molecule has 0 saturated carbocycles. The molecule has 2 aromatic heterocycles. The maximum atomic E-state index is 13.4. The van der Waals surface area contributed by atoms with Gasteiger partial charge in [-0.15, -0.1) is 10.2 Å². The van der Waals surface area contributed by atoms with E-state index in [-0.39, 0.29) is 0 Å². The minimum atomic E-state index is -0.524. The molecule has 0 spiro atoms. The number of aryl methyl sites for hydroxylation is 1. The molecule has 8 heteroatoms. The lowest BCUT2D eigenvalue weighted by atomic mass is 10.2. The number of rotatable bonds is 3. The molecule has 2 aliphatic rings. The number of aromatic nitrogens is 4. The van der Waals surface area contributed by atoms with Crippen LogP contribution in [0.2, 0.25) is 0 Å². The second kappa shape index (κ2) is 5.70. The predicted molar refractivity (Wildman–Crippen MR) is 91.8 cm³/mol. The molecule has 2 fully saturated rings. The Kier molecular flexibility index (Phi) is 3.43. The van der Waals surface area contributed by atoms with Gasteiger partial charge < -0.3 is 4.90 Å². The van der Waals surface area contributed by atoms with E-state index in [1.807, 2.05) is 17.5 Å². The van der Waals surface area contributed by atoms with Crippen LogP contribution in [0.15, 0.2) is 30.6 Å². The normalized spacial score (nSPS) is 22.7. The predicted octanol–water partition coefficient (Wildman–Crippen LogP) is 2.17. The fraction of sp³-hybridized carbons (Fsp3) is 0.389. The van der Waals surface area contributed by atoms with E-state index in [4.69, 9.17) is 0 Å². The molecule has 3 aromatic rings. The van der Waals surface area contributed by atoms with Crippen LogP contribution in [0, 0.1) is 18.6 Å². The molecule has 26 heavy (non-hydrogen) atoms. The third-order valence-corrected chi connectivity index (χ3v) is 5.41. The van der Waals surface area contributed by atoms with Crippen molar-refractivity contribution in [1.29, 1.82) is 0 Å². The van der Waals surface area contributed by atoms with Crippen molar-refractivity contribution >= 4 is 11.5 Å². The summed E-state index contributed by atoms with van der Waals surface area (Å²) in [6, 6.07) is 4.41. The Hall–Kier alpha value is -2.61. The molecule has 134 valence electrons. The van der Waals surface area contributed by atoms with E-state index in [9.17, 15) is 8.78 Å². The van der Waals surface area contributed by atoms with Gasteiger partial charge in [0, 0.05) is 50.2 Å². The van der Waals surface area contributed by atoms with Gasteiger partial charge in [-0.1, -0.05) is 0 Å². The highest BCUT2D eigenvalue weighted by atomic mass is 19.1. The standard InChI is InChI=1S/C18H18F2N6/c1-11-22-23-18-17(21-2-3-25(11)18)26-10-15-7-16(26)9-24(15)8-12-4-13(19)6-14(20)5-12/h2-6,15-16H,7-10H2,1H3. The summed E-state index contributed by atoms with van der Waals surface area (Å²) < 4.78 is 28.8. The summed E-state index contributed by atoms with van der Waals surface area (Å²) in [4.78, 5) is 9.12. The van der Waals surface area contributed by atoms with Gasteiger partial charge in [0.25, 0.3) is 0 Å². The Morgan fingerprint density at radius 3 is 2.62 bits per heavy atom. The first-order valence-electron chi connectivity index (χ1n) is 8.70. The molecule has 0 aliphatic carbocycles. The Labute approximate surface area is 149 Å². The lowest BCUT2D eigenvalue weighted by Crippen LogP contribution is -2.46. The molecule has 5 rings (SSSR count). The summed E-state index contributed by atoms with van der Waals surface area (Å²) in [5.41, 5.74) is 1.45. The van der Waals surface area contributed by atoms with E-state index in [0.29, 0.717) is 24.2 Å². The van der Waals surface area contributed by atoms with Gasteiger partial charge in [0.1, 0.15) is 17.5 Å². The zero-order valence-corrected chi connectivity index (χ0v) is 14.3. The van der Waals surface area contributed by atoms with E-state index in [1.54, 1.807) is 6.20 Å². The van der Waals surface area contributed by atoms with Crippen LogP contribution in [0.3, 0.4) is 0 Å². The maximum Gasteiger partial charge on any atom is 0.203 e. The number of fused-ring (bicyclic) bond motifs is 3. The van der Waals surface area contributed by atoms with Gasteiger partial charge in [-0.2, -0.15) is 0 Å². The quantitative estimate of drug-likeness (QED) is 0.720. The molecule has 2 aliphatic heterocycles. The molecule has 2 atom stereocenters. The largest absolute Gasteiger partial charge is 0.348 e. The van der Waals surface area contributed by atoms with Crippen molar-refractivity contribution in [2.45, 2.75) is 32.0 Å². The average Bonchev–Trinajstić information content (AvgIpc) is 3.28. The Morgan fingerprint density at radius 2 is 1.88 bits per heavy atom. The Morgan fingerprint density at radius 1 is 1.08 bits per heavy atom. The van der Waals surface area contributed by atoms with E-state index in [0.717, 1.165) is 42.9 Å². The van der Waals surface area contributed by atoms with E-state index in [1.165, 1.54) is 12.1 Å². The van der Waals surface area contributed by atoms with Crippen molar-refractivity contribution in [3.63, 3.8) is 0 Å². The van der Waals surface area contributed by atoms with Crippen molar-refractivity contribution in [3.05, 3.63) is 53.6 Å². The number of piperazine rings is 1. The highest BCUT2D eigenvalue weighted by Gasteiger charge is 2.44. The second-order valence-electron chi connectivity index (χ2n) is 7.09. The summed E-state index contributed by atoms with van der Waals surface area (Å²) in [5.74, 6) is 0.646. The molecular weight excluding hydrogens is 338 g/mol. The lowest BCUT2D eigenvalue weighted by molar-refractivity contribution is 0.229. The van der Waals surface area contributed by atoms with Crippen LogP contribution in [0.5, 0.6) is 0 Å². The number of anilines is 1. The number of halogens is 2. The van der Waals surface area contributed by atoms with Crippen LogP contribution in [-0.4, -0.2) is 49.7 Å². The van der Waals surface area contributed by atoms with Crippen molar-refractivity contribution in [3.8, 4) is 0 Å². The van der Waals surface area contributed by atoms with E-state index in [2.05, 4.69) is 25.0 Å². The van der Waals surface area contributed by atoms with Crippen LogP contribution in [0.4, 0.5) is 14.6 Å². The minimum Gasteiger partial charge on any atom is -0.348 e. The van der Waals surface area contributed by atoms with Gasteiger partial charge in [-0.05, 0) is 31.0 Å².